The first kappa shape index (κ1) is 9.63. The van der Waals surface area contributed by atoms with E-state index in [4.69, 9.17) is 0 Å². The second-order valence-corrected chi connectivity index (χ2v) is 3.59. The van der Waals surface area contributed by atoms with Crippen molar-refractivity contribution in [2.75, 3.05) is 18.8 Å². The topological polar surface area (TPSA) is 81.3 Å². The summed E-state index contributed by atoms with van der Waals surface area (Å²) in [6, 6.07) is 0.328. The van der Waals surface area contributed by atoms with Crippen LogP contribution >= 0.6 is 0 Å². The molecule has 0 radical (unpaired) electrons. The molecule has 2 unspecified atom stereocenters. The predicted octanol–water partition coefficient (Wildman–Crippen LogP) is -1.66. The monoisotopic (exact) mass is 191 g/mol. The zero-order valence-corrected chi connectivity index (χ0v) is 7.36. The van der Waals surface area contributed by atoms with E-state index in [0.717, 1.165) is 13.0 Å². The van der Waals surface area contributed by atoms with E-state index in [9.17, 15) is 13.6 Å². The lowest BCUT2D eigenvalue weighted by Crippen LogP contribution is -2.50. The maximum Gasteiger partial charge on any atom is 0.231 e. The van der Waals surface area contributed by atoms with Crippen LogP contribution < -0.4 is 10.6 Å². The lowest BCUT2D eigenvalue weighted by atomic mass is 10.1. The molecule has 1 amide bonds. The molecule has 1 heterocycles. The molecule has 0 spiro atoms. The van der Waals surface area contributed by atoms with Crippen LogP contribution in [-0.2, 0) is 15.9 Å². The molecule has 2 N–H and O–H groups in total. The van der Waals surface area contributed by atoms with Crippen LogP contribution in [0, 0.1) is 0 Å². The summed E-state index contributed by atoms with van der Waals surface area (Å²) in [6.45, 7) is 1.50. The molecule has 1 saturated heterocycles. The number of nitrogens with one attached hydrogen (secondary N) is 2. The average molecular weight is 191 g/mol. The van der Waals surface area contributed by atoms with Crippen LogP contribution in [0.2, 0.25) is 0 Å². The molecule has 0 aromatic heterocycles. The first-order chi connectivity index (χ1) is 5.68. The fraction of sp³-hybridized carbons (Fsp3) is 0.833. The third kappa shape index (κ3) is 3.29. The normalized spacial score (nSPS) is 24.2. The Morgan fingerprint density at radius 1 is 1.75 bits per heavy atom. The highest BCUT2D eigenvalue weighted by molar-refractivity contribution is 7.79. The van der Waals surface area contributed by atoms with Crippen LogP contribution in [0.25, 0.3) is 0 Å². The molecule has 12 heavy (non-hydrogen) atoms. The summed E-state index contributed by atoms with van der Waals surface area (Å²) in [4.78, 5) is 10.8. The Balaban J connectivity index is 2.05. The Hall–Kier alpha value is -0.460. The van der Waals surface area contributed by atoms with Crippen LogP contribution in [-0.4, -0.2) is 39.6 Å². The van der Waals surface area contributed by atoms with Gasteiger partial charge in [-0.2, -0.15) is 0 Å². The van der Waals surface area contributed by atoms with E-state index in [1.165, 1.54) is 0 Å². The highest BCUT2D eigenvalue weighted by Crippen LogP contribution is 1.98. The van der Waals surface area contributed by atoms with E-state index >= 15 is 0 Å². The number of rotatable bonds is 4. The van der Waals surface area contributed by atoms with Gasteiger partial charge in [0.2, 0.25) is 5.91 Å². The van der Waals surface area contributed by atoms with E-state index in [0.29, 0.717) is 12.6 Å². The van der Waals surface area contributed by atoms with E-state index in [1.807, 2.05) is 0 Å². The molecule has 1 fully saturated rings. The van der Waals surface area contributed by atoms with Crippen molar-refractivity contribution in [3.8, 4) is 0 Å². The number of hydrogen-bond acceptors (Lipinski definition) is 4. The minimum Gasteiger partial charge on any atom is -0.772 e. The fourth-order valence-electron chi connectivity index (χ4n) is 0.918. The van der Waals surface area contributed by atoms with Crippen molar-refractivity contribution in [1.29, 1.82) is 0 Å². The largest absolute Gasteiger partial charge is 0.772 e. The second-order valence-electron chi connectivity index (χ2n) is 2.69. The van der Waals surface area contributed by atoms with Crippen LogP contribution in [0.15, 0.2) is 0 Å². The summed E-state index contributed by atoms with van der Waals surface area (Å²) in [6.07, 6.45) is 1.04. The summed E-state index contributed by atoms with van der Waals surface area (Å²) in [5, 5.41) is 5.61. The van der Waals surface area contributed by atoms with Gasteiger partial charge in [0.25, 0.3) is 0 Å². The lowest BCUT2D eigenvalue weighted by Gasteiger charge is -2.27. The van der Waals surface area contributed by atoms with Crippen molar-refractivity contribution in [2.45, 2.75) is 12.5 Å². The van der Waals surface area contributed by atoms with Gasteiger partial charge in [0.1, 0.15) is 0 Å². The number of amides is 1. The standard InChI is InChI=1S/C6H12N2O3S/c9-6(4-12(10)11)8-3-5-1-2-7-5/h5,7H,1-4H2,(H,8,9)(H,10,11)/p-1. The molecule has 0 aliphatic carbocycles. The van der Waals surface area contributed by atoms with Crippen molar-refractivity contribution in [3.63, 3.8) is 0 Å². The minimum absolute atomic E-state index is 0.328. The maximum atomic E-state index is 10.8. The Morgan fingerprint density at radius 3 is 2.83 bits per heavy atom. The van der Waals surface area contributed by atoms with Gasteiger partial charge in [0.05, 0.1) is 5.75 Å². The molecule has 6 heteroatoms. The van der Waals surface area contributed by atoms with Gasteiger partial charge in [-0.3, -0.25) is 9.00 Å². The maximum absolute atomic E-state index is 10.8. The fourth-order valence-corrected chi connectivity index (χ4v) is 1.23. The quantitative estimate of drug-likeness (QED) is 0.521. The third-order valence-electron chi connectivity index (χ3n) is 1.72. The predicted molar refractivity (Wildman–Crippen MR) is 43.2 cm³/mol. The van der Waals surface area contributed by atoms with Crippen LogP contribution in [0.5, 0.6) is 0 Å². The molecule has 1 rings (SSSR count). The lowest BCUT2D eigenvalue weighted by molar-refractivity contribution is -0.118. The van der Waals surface area contributed by atoms with E-state index in [2.05, 4.69) is 10.6 Å². The average Bonchev–Trinajstić information content (AvgIpc) is 1.81. The SMILES string of the molecule is O=C(CS(=O)[O-])NCC1CCN1. The van der Waals surface area contributed by atoms with Crippen molar-refractivity contribution >= 4 is 17.0 Å². The molecular formula is C6H11N2O3S-. The summed E-state index contributed by atoms with van der Waals surface area (Å²) in [7, 11) is 0. The second kappa shape index (κ2) is 4.54. The van der Waals surface area contributed by atoms with Gasteiger partial charge in [0.15, 0.2) is 0 Å². The van der Waals surface area contributed by atoms with Crippen molar-refractivity contribution in [2.24, 2.45) is 0 Å². The molecule has 0 aromatic rings. The van der Waals surface area contributed by atoms with Gasteiger partial charge in [-0.25, -0.2) is 0 Å². The van der Waals surface area contributed by atoms with Gasteiger partial charge in [-0.05, 0) is 24.0 Å². The Kier molecular flexibility index (Phi) is 3.64. The van der Waals surface area contributed by atoms with Gasteiger partial charge in [-0.1, -0.05) is 0 Å². The first-order valence-corrected chi connectivity index (χ1v) is 4.99. The smallest absolute Gasteiger partial charge is 0.231 e. The van der Waals surface area contributed by atoms with E-state index < -0.39 is 22.7 Å². The molecule has 1 aliphatic heterocycles. The highest BCUT2D eigenvalue weighted by Gasteiger charge is 2.16. The molecule has 70 valence electrons. The van der Waals surface area contributed by atoms with E-state index in [1.54, 1.807) is 0 Å². The summed E-state index contributed by atoms with van der Waals surface area (Å²) < 4.78 is 20.1. The third-order valence-corrected chi connectivity index (χ3v) is 2.22. The minimum atomic E-state index is -2.28. The summed E-state index contributed by atoms with van der Waals surface area (Å²) >= 11 is -2.28. The van der Waals surface area contributed by atoms with Crippen molar-refractivity contribution < 1.29 is 13.6 Å². The van der Waals surface area contributed by atoms with Crippen molar-refractivity contribution in [1.82, 2.24) is 10.6 Å². The molecule has 2 atom stereocenters. The number of carbonyl (C=O) groups is 1. The first-order valence-electron chi connectivity index (χ1n) is 3.74. The highest BCUT2D eigenvalue weighted by atomic mass is 32.2. The molecular weight excluding hydrogens is 180 g/mol. The Labute approximate surface area is 73.2 Å². The number of hydrogen-bond donors (Lipinski definition) is 2. The van der Waals surface area contributed by atoms with E-state index in [-0.39, 0.29) is 0 Å². The molecule has 0 saturated carbocycles. The Morgan fingerprint density at radius 2 is 2.42 bits per heavy atom. The molecule has 1 aliphatic rings. The van der Waals surface area contributed by atoms with Gasteiger partial charge in [-0.15, -0.1) is 0 Å². The van der Waals surface area contributed by atoms with Gasteiger partial charge >= 0.3 is 0 Å². The van der Waals surface area contributed by atoms with Crippen LogP contribution in [0.1, 0.15) is 6.42 Å². The van der Waals surface area contributed by atoms with Crippen molar-refractivity contribution in [3.05, 3.63) is 0 Å². The van der Waals surface area contributed by atoms with Crippen LogP contribution in [0.3, 0.4) is 0 Å². The Bertz CT molecular complexity index is 193. The zero-order chi connectivity index (χ0) is 8.97. The van der Waals surface area contributed by atoms with Gasteiger partial charge in [0, 0.05) is 12.6 Å². The molecule has 5 nitrogen and oxygen atoms in total. The van der Waals surface area contributed by atoms with Crippen LogP contribution in [0.4, 0.5) is 0 Å². The van der Waals surface area contributed by atoms with Gasteiger partial charge < -0.3 is 15.2 Å². The zero-order valence-electron chi connectivity index (χ0n) is 6.54. The molecule has 0 bridgehead atoms. The number of carbonyl (C=O) groups excluding carboxylic acids is 1. The summed E-state index contributed by atoms with van der Waals surface area (Å²) in [5.74, 6) is -0.871. The molecule has 0 aromatic carbocycles. The summed E-state index contributed by atoms with van der Waals surface area (Å²) in [5.41, 5.74) is 0.